The molecule has 1 atom stereocenters. The van der Waals surface area contributed by atoms with Gasteiger partial charge in [-0.3, -0.25) is 4.79 Å². The van der Waals surface area contributed by atoms with Crippen molar-refractivity contribution >= 4 is 5.97 Å². The Kier molecular flexibility index (Phi) is 6.05. The fourth-order valence-corrected chi connectivity index (χ4v) is 1.65. The molecule has 0 heterocycles. The van der Waals surface area contributed by atoms with E-state index in [1.807, 2.05) is 31.2 Å². The van der Waals surface area contributed by atoms with Crippen molar-refractivity contribution in [2.75, 3.05) is 20.8 Å². The Morgan fingerprint density at radius 2 is 1.78 bits per heavy atom. The van der Waals surface area contributed by atoms with Gasteiger partial charge in [-0.1, -0.05) is 13.3 Å². The molecule has 0 aliphatic rings. The number of carbonyl (C=O) groups is 1. The lowest BCUT2D eigenvalue weighted by molar-refractivity contribution is -0.146. The van der Waals surface area contributed by atoms with Crippen molar-refractivity contribution in [1.29, 1.82) is 0 Å². The van der Waals surface area contributed by atoms with Crippen molar-refractivity contribution in [3.05, 3.63) is 24.3 Å². The van der Waals surface area contributed by atoms with Crippen LogP contribution >= 0.6 is 0 Å². The van der Waals surface area contributed by atoms with Crippen LogP contribution in [0.3, 0.4) is 0 Å². The predicted octanol–water partition coefficient (Wildman–Crippen LogP) is 2.66. The SMILES string of the molecule is CCCC(COc1ccc(OC)cc1)C(=O)OC. The molecule has 18 heavy (non-hydrogen) atoms. The van der Waals surface area contributed by atoms with Crippen LogP contribution in [0.1, 0.15) is 19.8 Å². The molecule has 0 saturated carbocycles. The third-order valence-electron chi connectivity index (χ3n) is 2.68. The molecule has 0 amide bonds. The monoisotopic (exact) mass is 252 g/mol. The van der Waals surface area contributed by atoms with Gasteiger partial charge in [0.15, 0.2) is 0 Å². The molecule has 1 aromatic rings. The highest BCUT2D eigenvalue weighted by Crippen LogP contribution is 2.18. The minimum absolute atomic E-state index is 0.206. The van der Waals surface area contributed by atoms with Crippen LogP contribution in [0.2, 0.25) is 0 Å². The Hall–Kier alpha value is -1.71. The Morgan fingerprint density at radius 1 is 1.17 bits per heavy atom. The lowest BCUT2D eigenvalue weighted by Gasteiger charge is -2.14. The quantitative estimate of drug-likeness (QED) is 0.700. The molecule has 100 valence electrons. The van der Waals surface area contributed by atoms with Gasteiger partial charge in [0, 0.05) is 0 Å². The summed E-state index contributed by atoms with van der Waals surface area (Å²) in [5.74, 6) is 1.08. The molecule has 1 aromatic carbocycles. The molecule has 4 heteroatoms. The fraction of sp³-hybridized carbons (Fsp3) is 0.500. The lowest BCUT2D eigenvalue weighted by Crippen LogP contribution is -2.23. The van der Waals surface area contributed by atoms with Gasteiger partial charge >= 0.3 is 5.97 Å². The number of carbonyl (C=O) groups excluding carboxylic acids is 1. The van der Waals surface area contributed by atoms with Gasteiger partial charge in [-0.2, -0.15) is 0 Å². The second kappa shape index (κ2) is 7.58. The van der Waals surface area contributed by atoms with Gasteiger partial charge in [0.2, 0.25) is 0 Å². The minimum Gasteiger partial charge on any atom is -0.497 e. The first kappa shape index (κ1) is 14.4. The van der Waals surface area contributed by atoms with Crippen LogP contribution in [0, 0.1) is 5.92 Å². The first-order valence-corrected chi connectivity index (χ1v) is 6.06. The second-order valence-electron chi connectivity index (χ2n) is 4.00. The van der Waals surface area contributed by atoms with E-state index in [1.54, 1.807) is 7.11 Å². The van der Waals surface area contributed by atoms with Crippen LogP contribution in [0.25, 0.3) is 0 Å². The number of rotatable bonds is 7. The molecule has 0 aromatic heterocycles. The van der Waals surface area contributed by atoms with Crippen molar-refractivity contribution < 1.29 is 19.0 Å². The van der Waals surface area contributed by atoms with E-state index in [4.69, 9.17) is 14.2 Å². The molecule has 0 aliphatic heterocycles. The van der Waals surface area contributed by atoms with Crippen LogP contribution in [0.4, 0.5) is 0 Å². The average Bonchev–Trinajstić information content (AvgIpc) is 2.43. The zero-order valence-electron chi connectivity index (χ0n) is 11.1. The summed E-state index contributed by atoms with van der Waals surface area (Å²) in [6, 6.07) is 7.28. The molecule has 0 bridgehead atoms. The Morgan fingerprint density at radius 3 is 2.28 bits per heavy atom. The van der Waals surface area contributed by atoms with Gasteiger partial charge in [-0.25, -0.2) is 0 Å². The molecule has 1 unspecified atom stereocenters. The smallest absolute Gasteiger partial charge is 0.312 e. The van der Waals surface area contributed by atoms with Crippen molar-refractivity contribution in [3.63, 3.8) is 0 Å². The third-order valence-corrected chi connectivity index (χ3v) is 2.68. The van der Waals surface area contributed by atoms with Crippen LogP contribution in [0.15, 0.2) is 24.3 Å². The average molecular weight is 252 g/mol. The number of methoxy groups -OCH3 is 2. The molecule has 0 aliphatic carbocycles. The third kappa shape index (κ3) is 4.28. The number of esters is 1. The van der Waals surface area contributed by atoms with Gasteiger partial charge in [0.25, 0.3) is 0 Å². The van der Waals surface area contributed by atoms with Crippen molar-refractivity contribution in [2.45, 2.75) is 19.8 Å². The molecule has 1 rings (SSSR count). The van der Waals surface area contributed by atoms with E-state index >= 15 is 0 Å². The normalized spacial score (nSPS) is 11.7. The highest BCUT2D eigenvalue weighted by atomic mass is 16.5. The van der Waals surface area contributed by atoms with Crippen LogP contribution in [-0.2, 0) is 9.53 Å². The van der Waals surface area contributed by atoms with Gasteiger partial charge < -0.3 is 14.2 Å². The highest BCUT2D eigenvalue weighted by molar-refractivity contribution is 5.72. The summed E-state index contributed by atoms with van der Waals surface area (Å²) in [5.41, 5.74) is 0. The van der Waals surface area contributed by atoms with Gasteiger partial charge in [-0.15, -0.1) is 0 Å². The summed E-state index contributed by atoms with van der Waals surface area (Å²) in [4.78, 5) is 11.5. The van der Waals surface area contributed by atoms with E-state index < -0.39 is 0 Å². The van der Waals surface area contributed by atoms with Crippen LogP contribution in [-0.4, -0.2) is 26.8 Å². The van der Waals surface area contributed by atoms with E-state index in [-0.39, 0.29) is 11.9 Å². The van der Waals surface area contributed by atoms with E-state index in [2.05, 4.69) is 0 Å². The number of hydrogen-bond donors (Lipinski definition) is 0. The van der Waals surface area contributed by atoms with E-state index in [1.165, 1.54) is 7.11 Å². The van der Waals surface area contributed by atoms with Crippen molar-refractivity contribution in [3.8, 4) is 11.5 Å². The van der Waals surface area contributed by atoms with Crippen LogP contribution in [0.5, 0.6) is 11.5 Å². The summed E-state index contributed by atoms with van der Waals surface area (Å²) >= 11 is 0. The predicted molar refractivity (Wildman–Crippen MR) is 68.9 cm³/mol. The molecule has 4 nitrogen and oxygen atoms in total. The molecule has 0 radical (unpaired) electrons. The summed E-state index contributed by atoms with van der Waals surface area (Å²) in [6.07, 6.45) is 1.69. The maximum absolute atomic E-state index is 11.5. The lowest BCUT2D eigenvalue weighted by atomic mass is 10.1. The maximum atomic E-state index is 11.5. The van der Waals surface area contributed by atoms with Crippen LogP contribution < -0.4 is 9.47 Å². The summed E-state index contributed by atoms with van der Waals surface area (Å²) in [5, 5.41) is 0. The summed E-state index contributed by atoms with van der Waals surface area (Å²) in [7, 11) is 3.02. The highest BCUT2D eigenvalue weighted by Gasteiger charge is 2.18. The Bertz CT molecular complexity index is 359. The Labute approximate surface area is 108 Å². The minimum atomic E-state index is -0.217. The second-order valence-corrected chi connectivity index (χ2v) is 4.00. The van der Waals surface area contributed by atoms with E-state index in [0.29, 0.717) is 6.61 Å². The molecular weight excluding hydrogens is 232 g/mol. The van der Waals surface area contributed by atoms with Gasteiger partial charge in [0.05, 0.1) is 20.1 Å². The molecule has 0 N–H and O–H groups in total. The fourth-order valence-electron chi connectivity index (χ4n) is 1.65. The first-order chi connectivity index (χ1) is 8.71. The van der Waals surface area contributed by atoms with E-state index in [9.17, 15) is 4.79 Å². The molecule has 0 saturated heterocycles. The van der Waals surface area contributed by atoms with Crippen molar-refractivity contribution in [2.24, 2.45) is 5.92 Å². The maximum Gasteiger partial charge on any atom is 0.312 e. The standard InChI is InChI=1S/C14H20O4/c1-4-5-11(14(15)17-3)10-18-13-8-6-12(16-2)7-9-13/h6-9,11H,4-5,10H2,1-3H3. The molecule has 0 fully saturated rings. The number of benzene rings is 1. The zero-order chi connectivity index (χ0) is 13.4. The summed E-state index contributed by atoms with van der Waals surface area (Å²) < 4.78 is 15.4. The zero-order valence-corrected chi connectivity index (χ0v) is 11.1. The van der Waals surface area contributed by atoms with Gasteiger partial charge in [0.1, 0.15) is 18.1 Å². The van der Waals surface area contributed by atoms with Crippen molar-refractivity contribution in [1.82, 2.24) is 0 Å². The topological polar surface area (TPSA) is 44.8 Å². The molecule has 0 spiro atoms. The van der Waals surface area contributed by atoms with Gasteiger partial charge in [-0.05, 0) is 30.7 Å². The largest absolute Gasteiger partial charge is 0.497 e. The first-order valence-electron chi connectivity index (χ1n) is 6.06. The molecular formula is C14H20O4. The number of ether oxygens (including phenoxy) is 3. The van der Waals surface area contributed by atoms with E-state index in [0.717, 1.165) is 24.3 Å². The summed E-state index contributed by atoms with van der Waals surface area (Å²) in [6.45, 7) is 2.37. The number of hydrogen-bond acceptors (Lipinski definition) is 4. The Balaban J connectivity index is 2.52.